The molecule has 0 rings (SSSR count). The van der Waals surface area contributed by atoms with Crippen LogP contribution in [-0.2, 0) is 55.8 Å². The Morgan fingerprint density at radius 2 is 0.900 bits per heavy atom. The van der Waals surface area contributed by atoms with Crippen molar-refractivity contribution in [3.05, 3.63) is 0 Å². The van der Waals surface area contributed by atoms with Crippen LogP contribution in [0.3, 0.4) is 0 Å². The van der Waals surface area contributed by atoms with E-state index < -0.39 is 7.82 Å². The van der Waals surface area contributed by atoms with Crippen molar-refractivity contribution in [2.75, 3.05) is 0 Å². The van der Waals surface area contributed by atoms with Gasteiger partial charge in [0, 0.05) is 0 Å². The van der Waals surface area contributed by atoms with Gasteiger partial charge in [0.25, 0.3) is 0 Å². The predicted octanol–water partition coefficient (Wildman–Crippen LogP) is -8.82. The van der Waals surface area contributed by atoms with Gasteiger partial charge in [-0.25, -0.2) is 0 Å². The molecule has 0 aliphatic carbocycles. The Kier molecular flexibility index (Phi) is 68.5. The van der Waals surface area contributed by atoms with E-state index in [1.54, 1.807) is 0 Å². The Morgan fingerprint density at radius 3 is 0.900 bits per heavy atom. The number of rotatable bonds is 0. The first-order valence-corrected chi connectivity index (χ1v) is 2.19. The minimum absolute atomic E-state index is 0. The molecule has 0 spiro atoms. The molecule has 0 atom stereocenters. The molecule has 0 fully saturated rings. The van der Waals surface area contributed by atoms with Gasteiger partial charge in [0.05, 0.1) is 0 Å². The van der Waals surface area contributed by atoms with Gasteiger partial charge in [0.15, 0.2) is 0 Å². The van der Waals surface area contributed by atoms with Crippen LogP contribution in [0.2, 0.25) is 0 Å². The fraction of sp³-hybridized carbons (Fsp3) is 0. The molecule has 0 bridgehead atoms. The second kappa shape index (κ2) is 17.8. The van der Waals surface area contributed by atoms with Crippen LogP contribution in [-0.4, -0.2) is 0 Å². The second-order valence-electron chi connectivity index (χ2n) is 0.447. The van der Waals surface area contributed by atoms with Crippen molar-refractivity contribution in [3.63, 3.8) is 0 Å². The Balaban J connectivity index is -0.00000000800. The monoisotopic (exact) mass is 276 g/mol. The van der Waals surface area contributed by atoms with Crippen LogP contribution in [0.5, 0.6) is 0 Å². The third-order valence-electron chi connectivity index (χ3n) is 0. The summed E-state index contributed by atoms with van der Waals surface area (Å²) in [7, 11) is -5.39. The van der Waals surface area contributed by atoms with Gasteiger partial charge in [-0.3, -0.25) is 0 Å². The molecule has 0 amide bonds. The maximum atomic E-state index is 8.55. The predicted molar refractivity (Wildman–Crippen MR) is 7.61 cm³/mol. The summed E-state index contributed by atoms with van der Waals surface area (Å²) >= 11 is 0. The first-order valence-electron chi connectivity index (χ1n) is 0.730. The van der Waals surface area contributed by atoms with Gasteiger partial charge in [-0.05, 0) is 0 Å². The standard InChI is InChI=1S/2Fe.2Li.Mn.H3O4P/c;;;;;1-5(2,3)4/h;;;;;(H3,1,2,3,4)/q2*+2;2*+1;+2;/p-3. The van der Waals surface area contributed by atoms with Gasteiger partial charge in [0.2, 0.25) is 0 Å². The minimum atomic E-state index is -5.39. The van der Waals surface area contributed by atoms with Crippen LogP contribution in [0.1, 0.15) is 0 Å². The summed E-state index contributed by atoms with van der Waals surface area (Å²) in [4.78, 5) is 25.6. The van der Waals surface area contributed by atoms with Gasteiger partial charge < -0.3 is 19.2 Å². The fourth-order valence-corrected chi connectivity index (χ4v) is 0. The molecule has 0 aromatic carbocycles. The van der Waals surface area contributed by atoms with E-state index in [9.17, 15) is 0 Å². The zero-order valence-corrected chi connectivity index (χ0v) is 9.45. The smallest absolute Gasteiger partial charge is 0.822 e. The summed E-state index contributed by atoms with van der Waals surface area (Å²) in [6, 6.07) is 0. The van der Waals surface area contributed by atoms with Crippen LogP contribution in [0.15, 0.2) is 0 Å². The molecule has 0 heterocycles. The first kappa shape index (κ1) is 38.4. The van der Waals surface area contributed by atoms with E-state index >= 15 is 0 Å². The summed E-state index contributed by atoms with van der Waals surface area (Å²) in [5.41, 5.74) is 0. The molecule has 0 saturated carbocycles. The van der Waals surface area contributed by atoms with Crippen molar-refractivity contribution in [2.45, 2.75) is 0 Å². The minimum Gasteiger partial charge on any atom is -0.822 e. The van der Waals surface area contributed by atoms with E-state index in [4.69, 9.17) is 19.2 Å². The van der Waals surface area contributed by atoms with Gasteiger partial charge in [-0.1, -0.05) is 0 Å². The number of hydrogen-bond acceptors (Lipinski definition) is 4. The first-order chi connectivity index (χ1) is 2.00. The van der Waals surface area contributed by atoms with Crippen molar-refractivity contribution < 1.29 is 108 Å². The van der Waals surface area contributed by atoms with E-state index in [1.807, 2.05) is 0 Å². The zero-order valence-electron chi connectivity index (χ0n) is 5.17. The van der Waals surface area contributed by atoms with E-state index in [1.165, 1.54) is 0 Å². The third kappa shape index (κ3) is 129. The summed E-state index contributed by atoms with van der Waals surface area (Å²) in [6.07, 6.45) is 0. The van der Waals surface area contributed by atoms with E-state index in [0.29, 0.717) is 0 Å². The zero-order chi connectivity index (χ0) is 4.50. The van der Waals surface area contributed by atoms with Gasteiger partial charge in [0.1, 0.15) is 0 Å². The molecule has 0 saturated heterocycles. The molecule has 10 heteroatoms. The van der Waals surface area contributed by atoms with Crippen LogP contribution >= 0.6 is 7.82 Å². The topological polar surface area (TPSA) is 86.2 Å². The van der Waals surface area contributed by atoms with Crippen LogP contribution in [0, 0.1) is 0 Å². The number of phosphoric acid groups is 1. The average molecular weight is 275 g/mol. The summed E-state index contributed by atoms with van der Waals surface area (Å²) < 4.78 is 8.55. The molecule has 0 aliphatic rings. The summed E-state index contributed by atoms with van der Waals surface area (Å²) in [5, 5.41) is 0. The molecular formula is Fe2Li2MnO4P+5. The van der Waals surface area contributed by atoms with Crippen LogP contribution in [0.4, 0.5) is 0 Å². The molecule has 49 valence electrons. The van der Waals surface area contributed by atoms with Crippen molar-refractivity contribution in [1.82, 2.24) is 0 Å². The molecule has 0 unspecified atom stereocenters. The normalized spacial score (nSPS) is 5.90. The van der Waals surface area contributed by atoms with Gasteiger partial charge in [-0.15, -0.1) is 0 Å². The average Bonchev–Trinajstić information content (AvgIpc) is 0.722. The SMILES string of the molecule is O=P([O-])([O-])[O-].[Fe+2].[Fe+2].[Li+].[Li+].[Mn+2]. The molecule has 10 heavy (non-hydrogen) atoms. The third-order valence-corrected chi connectivity index (χ3v) is 0. The van der Waals surface area contributed by atoms with Gasteiger partial charge in [-0.2, -0.15) is 7.82 Å². The molecule has 1 radical (unpaired) electrons. The van der Waals surface area contributed by atoms with Crippen LogP contribution in [0.25, 0.3) is 0 Å². The van der Waals surface area contributed by atoms with Crippen molar-refractivity contribution in [2.24, 2.45) is 0 Å². The Morgan fingerprint density at radius 1 is 0.900 bits per heavy atom. The Hall–Kier alpha value is 2.86. The van der Waals surface area contributed by atoms with Gasteiger partial charge >= 0.3 is 88.9 Å². The quantitative estimate of drug-likeness (QED) is 0.324. The van der Waals surface area contributed by atoms with E-state index in [2.05, 4.69) is 0 Å². The summed E-state index contributed by atoms with van der Waals surface area (Å²) in [6.45, 7) is 0. The Bertz CT molecular complexity index is 67.4. The molecule has 0 aromatic rings. The molecular weight excluding hydrogens is 275 g/mol. The van der Waals surface area contributed by atoms with Crippen molar-refractivity contribution >= 4 is 7.82 Å². The maximum absolute atomic E-state index is 8.55. The fourth-order valence-electron chi connectivity index (χ4n) is 0. The molecule has 0 N–H and O–H groups in total. The number of hydrogen-bond donors (Lipinski definition) is 0. The van der Waals surface area contributed by atoms with E-state index in [-0.39, 0.29) is 88.9 Å². The summed E-state index contributed by atoms with van der Waals surface area (Å²) in [5.74, 6) is 0. The Labute approximate surface area is 115 Å². The molecule has 0 aromatic heterocycles. The van der Waals surface area contributed by atoms with Crippen LogP contribution < -0.4 is 52.4 Å². The van der Waals surface area contributed by atoms with Crippen molar-refractivity contribution in [3.8, 4) is 0 Å². The molecule has 0 aliphatic heterocycles. The second-order valence-corrected chi connectivity index (χ2v) is 1.34. The van der Waals surface area contributed by atoms with E-state index in [0.717, 1.165) is 0 Å². The maximum Gasteiger partial charge on any atom is 2.00 e. The van der Waals surface area contributed by atoms with Crippen molar-refractivity contribution in [1.29, 1.82) is 0 Å². The largest absolute Gasteiger partial charge is 2.00 e. The molecule has 4 nitrogen and oxygen atoms in total.